The van der Waals surface area contributed by atoms with E-state index in [0.29, 0.717) is 6.54 Å². The van der Waals surface area contributed by atoms with Crippen LogP contribution in [0.3, 0.4) is 0 Å². The lowest BCUT2D eigenvalue weighted by Gasteiger charge is -2.16. The number of halogens is 1. The lowest BCUT2D eigenvalue weighted by Crippen LogP contribution is -2.36. The number of ether oxygens (including phenoxy) is 1. The number of carbonyl (C=O) groups is 2. The fourth-order valence-electron chi connectivity index (χ4n) is 1.44. The van der Waals surface area contributed by atoms with Gasteiger partial charge in [-0.25, -0.2) is 4.39 Å². The summed E-state index contributed by atoms with van der Waals surface area (Å²) in [7, 11) is 0. The van der Waals surface area contributed by atoms with E-state index in [-0.39, 0.29) is 23.0 Å². The molecule has 0 bridgehead atoms. The fraction of sp³-hybridized carbons (Fsp3) is 0.385. The minimum atomic E-state index is -0.742. The maximum absolute atomic E-state index is 13.0. The summed E-state index contributed by atoms with van der Waals surface area (Å²) in [6, 6.07) is 3.64. The maximum Gasteiger partial charge on any atom is 0.260 e. The smallest absolute Gasteiger partial charge is 0.260 e. The van der Waals surface area contributed by atoms with Gasteiger partial charge < -0.3 is 10.1 Å². The zero-order valence-electron chi connectivity index (χ0n) is 10.6. The first-order valence-electron chi connectivity index (χ1n) is 5.70. The van der Waals surface area contributed by atoms with Crippen molar-refractivity contribution in [1.29, 1.82) is 0 Å². The van der Waals surface area contributed by atoms with Crippen molar-refractivity contribution in [2.75, 3.05) is 6.54 Å². The van der Waals surface area contributed by atoms with Crippen LogP contribution in [0.15, 0.2) is 18.2 Å². The Morgan fingerprint density at radius 2 is 2.11 bits per heavy atom. The summed E-state index contributed by atoms with van der Waals surface area (Å²) >= 11 is 0. The van der Waals surface area contributed by atoms with Crippen LogP contribution in [0.4, 0.5) is 4.39 Å². The molecule has 0 saturated heterocycles. The summed E-state index contributed by atoms with van der Waals surface area (Å²) in [5.41, 5.74) is 0.131. The van der Waals surface area contributed by atoms with E-state index in [1.54, 1.807) is 13.8 Å². The number of hydrogen-bond donors (Lipinski definition) is 1. The molecule has 1 aromatic rings. The van der Waals surface area contributed by atoms with Gasteiger partial charge in [0.15, 0.2) is 11.9 Å². The van der Waals surface area contributed by atoms with E-state index in [0.717, 1.165) is 6.07 Å². The number of amides is 1. The Kier molecular flexibility index (Phi) is 4.83. The van der Waals surface area contributed by atoms with Crippen molar-refractivity contribution in [3.8, 4) is 5.75 Å². The highest BCUT2D eigenvalue weighted by molar-refractivity contribution is 5.97. The lowest BCUT2D eigenvalue weighted by molar-refractivity contribution is -0.127. The van der Waals surface area contributed by atoms with Crippen LogP contribution >= 0.6 is 0 Å². The largest absolute Gasteiger partial charge is 0.480 e. The first-order valence-corrected chi connectivity index (χ1v) is 5.70. The quantitative estimate of drug-likeness (QED) is 0.816. The molecule has 0 fully saturated rings. The number of hydrogen-bond acceptors (Lipinski definition) is 3. The average molecular weight is 253 g/mol. The first-order chi connectivity index (χ1) is 8.45. The van der Waals surface area contributed by atoms with Gasteiger partial charge in [0.2, 0.25) is 0 Å². The molecule has 5 heteroatoms. The summed E-state index contributed by atoms with van der Waals surface area (Å²) in [6.07, 6.45) is -0.742. The van der Waals surface area contributed by atoms with Gasteiger partial charge in [0, 0.05) is 6.54 Å². The topological polar surface area (TPSA) is 55.4 Å². The summed E-state index contributed by atoms with van der Waals surface area (Å²) in [5.74, 6) is -0.898. The summed E-state index contributed by atoms with van der Waals surface area (Å²) < 4.78 is 18.4. The number of carbonyl (C=O) groups excluding carboxylic acids is 2. The Labute approximate surface area is 105 Å². The van der Waals surface area contributed by atoms with Gasteiger partial charge in [0.1, 0.15) is 11.6 Å². The molecule has 1 N–H and O–H groups in total. The second-order valence-corrected chi connectivity index (χ2v) is 3.85. The van der Waals surface area contributed by atoms with Crippen molar-refractivity contribution in [3.05, 3.63) is 29.6 Å². The van der Waals surface area contributed by atoms with Crippen molar-refractivity contribution in [1.82, 2.24) is 5.32 Å². The van der Waals surface area contributed by atoms with Crippen LogP contribution < -0.4 is 10.1 Å². The molecule has 0 heterocycles. The van der Waals surface area contributed by atoms with Crippen LogP contribution in [0.25, 0.3) is 0 Å². The Bertz CT molecular complexity index is 460. The van der Waals surface area contributed by atoms with Crippen LogP contribution in [0, 0.1) is 5.82 Å². The Morgan fingerprint density at radius 1 is 1.44 bits per heavy atom. The first kappa shape index (κ1) is 14.2. The van der Waals surface area contributed by atoms with Crippen molar-refractivity contribution in [2.24, 2.45) is 0 Å². The van der Waals surface area contributed by atoms with Crippen LogP contribution in [0.2, 0.25) is 0 Å². The monoisotopic (exact) mass is 253 g/mol. The van der Waals surface area contributed by atoms with E-state index in [2.05, 4.69) is 5.32 Å². The normalized spacial score (nSPS) is 11.8. The highest BCUT2D eigenvalue weighted by Crippen LogP contribution is 2.21. The van der Waals surface area contributed by atoms with E-state index in [1.165, 1.54) is 19.1 Å². The highest BCUT2D eigenvalue weighted by Gasteiger charge is 2.17. The van der Waals surface area contributed by atoms with Crippen molar-refractivity contribution in [2.45, 2.75) is 26.9 Å². The van der Waals surface area contributed by atoms with Crippen LogP contribution in [-0.4, -0.2) is 24.3 Å². The van der Waals surface area contributed by atoms with Crippen LogP contribution in [0.1, 0.15) is 31.1 Å². The molecular weight excluding hydrogens is 237 g/mol. The van der Waals surface area contributed by atoms with E-state index in [4.69, 9.17) is 4.74 Å². The minimum absolute atomic E-state index is 0.131. The zero-order chi connectivity index (χ0) is 13.7. The predicted molar refractivity (Wildman–Crippen MR) is 65.2 cm³/mol. The Hall–Kier alpha value is -1.91. The zero-order valence-corrected chi connectivity index (χ0v) is 10.6. The third kappa shape index (κ3) is 3.55. The molecule has 0 aliphatic rings. The van der Waals surface area contributed by atoms with E-state index >= 15 is 0 Å². The molecule has 4 nitrogen and oxygen atoms in total. The number of Topliss-reactive ketones (excluding diaryl/α,β-unsaturated/α-hetero) is 1. The second-order valence-electron chi connectivity index (χ2n) is 3.85. The number of ketones is 1. The molecule has 0 saturated carbocycles. The molecule has 1 atom stereocenters. The highest BCUT2D eigenvalue weighted by atomic mass is 19.1. The summed E-state index contributed by atoms with van der Waals surface area (Å²) in [5, 5.41) is 2.60. The Morgan fingerprint density at radius 3 is 2.67 bits per heavy atom. The number of likely N-dealkylation sites (N-methyl/N-ethyl adjacent to an activating group) is 1. The van der Waals surface area contributed by atoms with E-state index in [9.17, 15) is 14.0 Å². The second kappa shape index (κ2) is 6.14. The molecule has 0 unspecified atom stereocenters. The third-order valence-corrected chi connectivity index (χ3v) is 2.34. The van der Waals surface area contributed by atoms with E-state index in [1.807, 2.05) is 0 Å². The van der Waals surface area contributed by atoms with Gasteiger partial charge in [-0.3, -0.25) is 9.59 Å². The van der Waals surface area contributed by atoms with Gasteiger partial charge in [-0.15, -0.1) is 0 Å². The van der Waals surface area contributed by atoms with Gasteiger partial charge in [-0.2, -0.15) is 0 Å². The van der Waals surface area contributed by atoms with Gasteiger partial charge in [-0.1, -0.05) is 0 Å². The lowest BCUT2D eigenvalue weighted by atomic mass is 10.1. The summed E-state index contributed by atoms with van der Waals surface area (Å²) in [6.45, 7) is 5.18. The standard InChI is InChI=1S/C13H16FNO3/c1-4-15-13(17)9(3)18-12-6-5-10(14)7-11(12)8(2)16/h5-7,9H,4H2,1-3H3,(H,15,17)/t9-/m1/s1. The molecule has 18 heavy (non-hydrogen) atoms. The van der Waals surface area contributed by atoms with Crippen LogP contribution in [0.5, 0.6) is 5.75 Å². The molecular formula is C13H16FNO3. The van der Waals surface area contributed by atoms with E-state index < -0.39 is 11.9 Å². The molecule has 0 aliphatic heterocycles. The molecule has 1 rings (SSSR count). The number of rotatable bonds is 5. The predicted octanol–water partition coefficient (Wildman–Crippen LogP) is 1.93. The maximum atomic E-state index is 13.0. The van der Waals surface area contributed by atoms with Gasteiger partial charge in [-0.05, 0) is 39.0 Å². The average Bonchev–Trinajstić information content (AvgIpc) is 2.31. The Balaban J connectivity index is 2.90. The van der Waals surface area contributed by atoms with Crippen molar-refractivity contribution >= 4 is 11.7 Å². The fourth-order valence-corrected chi connectivity index (χ4v) is 1.44. The molecule has 0 aromatic heterocycles. The number of nitrogens with one attached hydrogen (secondary N) is 1. The minimum Gasteiger partial charge on any atom is -0.480 e. The molecule has 0 aliphatic carbocycles. The molecule has 0 radical (unpaired) electrons. The molecule has 1 amide bonds. The third-order valence-electron chi connectivity index (χ3n) is 2.34. The molecule has 1 aromatic carbocycles. The van der Waals surface area contributed by atoms with Gasteiger partial charge >= 0.3 is 0 Å². The SMILES string of the molecule is CCNC(=O)[C@@H](C)Oc1ccc(F)cc1C(C)=O. The summed E-state index contributed by atoms with van der Waals surface area (Å²) in [4.78, 5) is 22.8. The van der Waals surface area contributed by atoms with Crippen molar-refractivity contribution in [3.63, 3.8) is 0 Å². The van der Waals surface area contributed by atoms with Gasteiger partial charge in [0.05, 0.1) is 5.56 Å². The molecule has 98 valence electrons. The van der Waals surface area contributed by atoms with Gasteiger partial charge in [0.25, 0.3) is 5.91 Å². The van der Waals surface area contributed by atoms with Crippen LogP contribution in [-0.2, 0) is 4.79 Å². The molecule has 0 spiro atoms. The van der Waals surface area contributed by atoms with Crippen molar-refractivity contribution < 1.29 is 18.7 Å². The number of benzene rings is 1.